The number of imidazole rings is 1. The topological polar surface area (TPSA) is 42.2 Å². The van der Waals surface area contributed by atoms with Crippen LogP contribution in [-0.4, -0.2) is 14.4 Å². The van der Waals surface area contributed by atoms with E-state index in [1.165, 1.54) is 0 Å². The van der Waals surface area contributed by atoms with Gasteiger partial charge in [0.15, 0.2) is 28.9 Å². The predicted octanol–water partition coefficient (Wildman–Crippen LogP) is 3.65. The van der Waals surface area contributed by atoms with Crippen LogP contribution in [0, 0.1) is 17.5 Å². The highest BCUT2D eigenvalue weighted by Gasteiger charge is 2.12. The average molecular weight is 343 g/mol. The van der Waals surface area contributed by atoms with Gasteiger partial charge in [0.25, 0.3) is 0 Å². The lowest BCUT2D eigenvalue weighted by Crippen LogP contribution is -2.01. The molecule has 0 atom stereocenters. The summed E-state index contributed by atoms with van der Waals surface area (Å²) in [5.41, 5.74) is 0.509. The van der Waals surface area contributed by atoms with Crippen molar-refractivity contribution in [2.45, 2.75) is 0 Å². The van der Waals surface area contributed by atoms with Crippen molar-refractivity contribution >= 4 is 33.1 Å². The maximum Gasteiger partial charge on any atom is 0.194 e. The van der Waals surface area contributed by atoms with Gasteiger partial charge in [0.2, 0.25) is 0 Å². The van der Waals surface area contributed by atoms with Gasteiger partial charge < -0.3 is 9.72 Å². The molecule has 8 heteroatoms. The molecule has 3 rings (SSSR count). The minimum atomic E-state index is -1.51. The van der Waals surface area contributed by atoms with E-state index in [0.717, 1.165) is 12.1 Å². The minimum Gasteiger partial charge on any atom is -0.337 e. The lowest BCUT2D eigenvalue weighted by molar-refractivity contribution is 0.448. The largest absolute Gasteiger partial charge is 0.337 e. The molecule has 0 amide bonds. The van der Waals surface area contributed by atoms with Crippen molar-refractivity contribution in [3.8, 4) is 0 Å². The number of halogens is 4. The molecule has 4 nitrogen and oxygen atoms in total. The van der Waals surface area contributed by atoms with E-state index in [0.29, 0.717) is 10.3 Å². The fraction of sp³-hybridized carbons (Fsp3) is 0. The number of hydrogen-bond acceptors (Lipinski definition) is 3. The summed E-state index contributed by atoms with van der Waals surface area (Å²) in [4.78, 5) is 8.21. The van der Waals surface area contributed by atoms with Gasteiger partial charge in [-0.05, 0) is 15.9 Å². The molecule has 1 N–H and O–H groups in total. The number of benzene rings is 1. The zero-order valence-electron chi connectivity index (χ0n) is 9.74. The molecule has 1 aromatic carbocycles. The van der Waals surface area contributed by atoms with E-state index in [1.54, 1.807) is 23.0 Å². The van der Waals surface area contributed by atoms with Gasteiger partial charge in [-0.1, -0.05) is 0 Å². The van der Waals surface area contributed by atoms with Gasteiger partial charge in [-0.2, -0.15) is 0 Å². The average Bonchev–Trinajstić information content (AvgIpc) is 2.84. The monoisotopic (exact) mass is 342 g/mol. The molecule has 0 aliphatic heterocycles. The van der Waals surface area contributed by atoms with Crippen molar-refractivity contribution < 1.29 is 13.2 Å². The van der Waals surface area contributed by atoms with Gasteiger partial charge in [-0.15, -0.1) is 0 Å². The zero-order valence-corrected chi connectivity index (χ0v) is 11.3. The Labute approximate surface area is 119 Å². The molecule has 0 radical (unpaired) electrons. The highest BCUT2D eigenvalue weighted by Crippen LogP contribution is 2.24. The Balaban J connectivity index is 2.07. The highest BCUT2D eigenvalue weighted by atomic mass is 79.9. The number of nitrogens with one attached hydrogen (secondary N) is 1. The Bertz CT molecular complexity index is 779. The number of hydrogen-bond donors (Lipinski definition) is 1. The van der Waals surface area contributed by atoms with Crippen LogP contribution in [0.5, 0.6) is 0 Å². The second-order valence-corrected chi connectivity index (χ2v) is 4.76. The summed E-state index contributed by atoms with van der Waals surface area (Å²) in [5, 5.41) is 2.71. The molecule has 0 unspecified atom stereocenters. The molecule has 0 aliphatic carbocycles. The van der Waals surface area contributed by atoms with Crippen LogP contribution in [0.4, 0.5) is 24.7 Å². The number of nitrogens with zero attached hydrogens (tertiary/aromatic N) is 3. The second-order valence-electron chi connectivity index (χ2n) is 3.95. The van der Waals surface area contributed by atoms with Crippen LogP contribution in [0.1, 0.15) is 0 Å². The van der Waals surface area contributed by atoms with Crippen molar-refractivity contribution in [1.82, 2.24) is 14.4 Å². The van der Waals surface area contributed by atoms with Crippen LogP contribution >= 0.6 is 15.9 Å². The summed E-state index contributed by atoms with van der Waals surface area (Å²) < 4.78 is 41.4. The summed E-state index contributed by atoms with van der Waals surface area (Å²) in [6.07, 6.45) is 4.93. The van der Waals surface area contributed by atoms with E-state index in [1.807, 2.05) is 0 Å². The number of fused-ring (bicyclic) bond motifs is 1. The van der Waals surface area contributed by atoms with Crippen molar-refractivity contribution in [1.29, 1.82) is 0 Å². The second kappa shape index (κ2) is 4.78. The third kappa shape index (κ3) is 2.22. The molecule has 102 valence electrons. The maximum atomic E-state index is 13.2. The fourth-order valence-electron chi connectivity index (χ4n) is 1.75. The SMILES string of the molecule is Fc1cc(Nc2nc(Br)cn3ccnc23)cc(F)c1F. The Morgan fingerprint density at radius 2 is 1.85 bits per heavy atom. The normalized spacial score (nSPS) is 11.0. The quantitative estimate of drug-likeness (QED) is 0.723. The minimum absolute atomic E-state index is 0.0388. The molecule has 0 spiro atoms. The summed E-state index contributed by atoms with van der Waals surface area (Å²) in [6.45, 7) is 0. The summed E-state index contributed by atoms with van der Waals surface area (Å²) in [7, 11) is 0. The first-order valence-corrected chi connectivity index (χ1v) is 6.24. The smallest absolute Gasteiger partial charge is 0.194 e. The molecular formula is C12H6BrF3N4. The number of rotatable bonds is 2. The van der Waals surface area contributed by atoms with Crippen LogP contribution in [0.15, 0.2) is 35.3 Å². The van der Waals surface area contributed by atoms with Crippen LogP contribution < -0.4 is 5.32 Å². The summed E-state index contributed by atoms with van der Waals surface area (Å²) in [5.74, 6) is -3.78. The standard InChI is InChI=1S/C12H6BrF3N4/c13-9-5-20-2-1-17-12(20)11(19-9)18-6-3-7(14)10(16)8(15)4-6/h1-5H,(H,18,19). The van der Waals surface area contributed by atoms with Crippen molar-refractivity contribution in [2.24, 2.45) is 0 Å². The maximum absolute atomic E-state index is 13.2. The molecule has 20 heavy (non-hydrogen) atoms. The zero-order chi connectivity index (χ0) is 14.3. The van der Waals surface area contributed by atoms with Gasteiger partial charge in [-0.3, -0.25) is 0 Å². The first kappa shape index (κ1) is 12.9. The van der Waals surface area contributed by atoms with Crippen LogP contribution in [0.2, 0.25) is 0 Å². The van der Waals surface area contributed by atoms with Crippen molar-refractivity contribution in [3.05, 3.63) is 52.8 Å². The summed E-state index contributed by atoms with van der Waals surface area (Å²) >= 11 is 3.21. The van der Waals surface area contributed by atoms with Crippen LogP contribution in [0.25, 0.3) is 5.65 Å². The highest BCUT2D eigenvalue weighted by molar-refractivity contribution is 9.10. The van der Waals surface area contributed by atoms with Crippen LogP contribution in [-0.2, 0) is 0 Å². The van der Waals surface area contributed by atoms with Crippen molar-refractivity contribution in [3.63, 3.8) is 0 Å². The molecule has 0 bridgehead atoms. The van der Waals surface area contributed by atoms with E-state index in [4.69, 9.17) is 0 Å². The molecule has 0 fully saturated rings. The lowest BCUT2D eigenvalue weighted by atomic mass is 10.3. The Hall–Kier alpha value is -2.09. The molecular weight excluding hydrogens is 337 g/mol. The Morgan fingerprint density at radius 1 is 1.15 bits per heavy atom. The Morgan fingerprint density at radius 3 is 2.55 bits per heavy atom. The first-order chi connectivity index (χ1) is 9.54. The molecule has 0 saturated carbocycles. The van der Waals surface area contributed by atoms with Gasteiger partial charge in [0.1, 0.15) is 4.60 Å². The lowest BCUT2D eigenvalue weighted by Gasteiger charge is -2.08. The summed E-state index contributed by atoms with van der Waals surface area (Å²) in [6, 6.07) is 1.70. The number of anilines is 2. The fourth-order valence-corrected chi connectivity index (χ4v) is 2.15. The molecule has 3 aromatic rings. The molecule has 0 aliphatic rings. The van der Waals surface area contributed by atoms with Gasteiger partial charge in [0.05, 0.1) is 0 Å². The molecule has 0 saturated heterocycles. The van der Waals surface area contributed by atoms with Gasteiger partial charge in [0, 0.05) is 36.4 Å². The molecule has 2 heterocycles. The third-order valence-electron chi connectivity index (χ3n) is 2.59. The first-order valence-electron chi connectivity index (χ1n) is 5.45. The Kier molecular flexibility index (Phi) is 3.09. The van der Waals surface area contributed by atoms with Crippen molar-refractivity contribution in [2.75, 3.05) is 5.32 Å². The predicted molar refractivity (Wildman–Crippen MR) is 70.3 cm³/mol. The van der Waals surface area contributed by atoms with E-state index in [9.17, 15) is 13.2 Å². The van der Waals surface area contributed by atoms with Gasteiger partial charge >= 0.3 is 0 Å². The van der Waals surface area contributed by atoms with E-state index in [2.05, 4.69) is 31.2 Å². The van der Waals surface area contributed by atoms with E-state index >= 15 is 0 Å². The van der Waals surface area contributed by atoms with E-state index in [-0.39, 0.29) is 11.5 Å². The molecule has 2 aromatic heterocycles. The number of aromatic nitrogens is 3. The van der Waals surface area contributed by atoms with Gasteiger partial charge in [-0.25, -0.2) is 23.1 Å². The van der Waals surface area contributed by atoms with Crippen LogP contribution in [0.3, 0.4) is 0 Å². The third-order valence-corrected chi connectivity index (χ3v) is 2.97. The van der Waals surface area contributed by atoms with E-state index < -0.39 is 17.5 Å².